The standard InChI is InChI=1S/C35H70O13/c1-5-6-7-8-9-10-12-37-14-16-39-18-20-41-22-24-43-26-28-45-30-32-47-33-31-46-29-27-44-25-23-42-21-19-40-17-15-38-13-11-34(36)48-35(2,3)4/h5-33H2,1-4H3. The summed E-state index contributed by atoms with van der Waals surface area (Å²) in [5, 5.41) is 0. The van der Waals surface area contributed by atoms with E-state index < -0.39 is 5.60 Å². The highest BCUT2D eigenvalue weighted by molar-refractivity contribution is 5.69. The van der Waals surface area contributed by atoms with Crippen LogP contribution in [-0.4, -0.2) is 157 Å². The molecule has 0 aliphatic carbocycles. The summed E-state index contributed by atoms with van der Waals surface area (Å²) in [5.41, 5.74) is -0.472. The highest BCUT2D eigenvalue weighted by Crippen LogP contribution is 2.08. The van der Waals surface area contributed by atoms with Crippen molar-refractivity contribution in [2.24, 2.45) is 0 Å². The number of ether oxygens (including phenoxy) is 12. The summed E-state index contributed by atoms with van der Waals surface area (Å²) in [6.45, 7) is 19.2. The maximum Gasteiger partial charge on any atom is 0.308 e. The number of esters is 1. The van der Waals surface area contributed by atoms with E-state index in [0.29, 0.717) is 139 Å². The summed E-state index contributed by atoms with van der Waals surface area (Å²) in [6.07, 6.45) is 7.90. The fourth-order valence-electron chi connectivity index (χ4n) is 3.83. The number of rotatable bonds is 40. The van der Waals surface area contributed by atoms with Crippen molar-refractivity contribution in [2.75, 3.05) is 145 Å². The zero-order valence-electron chi connectivity index (χ0n) is 30.8. The third-order valence-corrected chi connectivity index (χ3v) is 6.23. The molecule has 0 spiro atoms. The molecule has 0 aromatic rings. The molecule has 288 valence electrons. The predicted molar refractivity (Wildman–Crippen MR) is 183 cm³/mol. The molecule has 0 unspecified atom stereocenters. The third-order valence-electron chi connectivity index (χ3n) is 6.23. The van der Waals surface area contributed by atoms with Crippen molar-refractivity contribution in [2.45, 2.75) is 78.2 Å². The minimum absolute atomic E-state index is 0.234. The van der Waals surface area contributed by atoms with E-state index in [4.69, 9.17) is 56.8 Å². The van der Waals surface area contributed by atoms with E-state index in [1.165, 1.54) is 32.1 Å². The van der Waals surface area contributed by atoms with Crippen molar-refractivity contribution in [1.29, 1.82) is 0 Å². The molecule has 0 aromatic carbocycles. The second kappa shape index (κ2) is 38.8. The van der Waals surface area contributed by atoms with Gasteiger partial charge in [0, 0.05) is 6.61 Å². The molecule has 0 rings (SSSR count). The van der Waals surface area contributed by atoms with Crippen molar-refractivity contribution in [1.82, 2.24) is 0 Å². The van der Waals surface area contributed by atoms with Crippen LogP contribution in [0.25, 0.3) is 0 Å². The van der Waals surface area contributed by atoms with Gasteiger partial charge in [-0.1, -0.05) is 39.0 Å². The van der Waals surface area contributed by atoms with E-state index in [1.807, 2.05) is 20.8 Å². The highest BCUT2D eigenvalue weighted by atomic mass is 16.6. The lowest BCUT2D eigenvalue weighted by molar-refractivity contribution is -0.156. The summed E-state index contributed by atoms with van der Waals surface area (Å²) in [4.78, 5) is 11.6. The zero-order valence-corrected chi connectivity index (χ0v) is 30.8. The van der Waals surface area contributed by atoms with Crippen LogP contribution < -0.4 is 0 Å². The Balaban J connectivity index is 3.09. The first-order valence-corrected chi connectivity index (χ1v) is 18.0. The normalized spacial score (nSPS) is 11.8. The lowest BCUT2D eigenvalue weighted by Crippen LogP contribution is -2.24. The predicted octanol–water partition coefficient (Wildman–Crippen LogP) is 4.26. The van der Waals surface area contributed by atoms with Gasteiger partial charge in [0.2, 0.25) is 0 Å². The maximum absolute atomic E-state index is 11.6. The first-order valence-electron chi connectivity index (χ1n) is 18.0. The summed E-state index contributed by atoms with van der Waals surface area (Å²) in [6, 6.07) is 0. The van der Waals surface area contributed by atoms with Crippen LogP contribution in [0.2, 0.25) is 0 Å². The van der Waals surface area contributed by atoms with E-state index in [1.54, 1.807) is 0 Å². The number of carbonyl (C=O) groups is 1. The van der Waals surface area contributed by atoms with Gasteiger partial charge in [0.25, 0.3) is 0 Å². The number of hydrogen-bond acceptors (Lipinski definition) is 13. The lowest BCUT2D eigenvalue weighted by Gasteiger charge is -2.19. The summed E-state index contributed by atoms with van der Waals surface area (Å²) >= 11 is 0. The molecule has 48 heavy (non-hydrogen) atoms. The van der Waals surface area contributed by atoms with Gasteiger partial charge in [0.15, 0.2) is 0 Å². The van der Waals surface area contributed by atoms with E-state index in [9.17, 15) is 4.79 Å². The Morgan fingerprint density at radius 2 is 0.604 bits per heavy atom. The van der Waals surface area contributed by atoms with Gasteiger partial charge in [-0.05, 0) is 27.2 Å². The minimum Gasteiger partial charge on any atom is -0.460 e. The SMILES string of the molecule is CCCCCCCCOCCOCCOCCOCCOCCOCCOCCOCCOCCOCCOCCC(=O)OC(C)(C)C. The second-order valence-corrected chi connectivity index (χ2v) is 11.8. The van der Waals surface area contributed by atoms with Crippen LogP contribution >= 0.6 is 0 Å². The fraction of sp³-hybridized carbons (Fsp3) is 0.971. The van der Waals surface area contributed by atoms with Gasteiger partial charge in [0.1, 0.15) is 5.60 Å². The first kappa shape index (κ1) is 47.0. The number of unbranched alkanes of at least 4 members (excludes halogenated alkanes) is 5. The average Bonchev–Trinajstić information content (AvgIpc) is 3.05. The van der Waals surface area contributed by atoms with Gasteiger partial charge in [0.05, 0.1) is 145 Å². The molecule has 0 atom stereocenters. The molecule has 0 bridgehead atoms. The Morgan fingerprint density at radius 3 is 0.896 bits per heavy atom. The van der Waals surface area contributed by atoms with Crippen molar-refractivity contribution >= 4 is 5.97 Å². The number of hydrogen-bond donors (Lipinski definition) is 0. The molecule has 0 radical (unpaired) electrons. The van der Waals surface area contributed by atoms with E-state index in [-0.39, 0.29) is 12.4 Å². The smallest absolute Gasteiger partial charge is 0.308 e. The molecule has 0 saturated heterocycles. The van der Waals surface area contributed by atoms with Gasteiger partial charge in [-0.2, -0.15) is 0 Å². The maximum atomic E-state index is 11.6. The van der Waals surface area contributed by atoms with Crippen LogP contribution in [0.5, 0.6) is 0 Å². The van der Waals surface area contributed by atoms with Crippen LogP contribution in [0.3, 0.4) is 0 Å². The highest BCUT2D eigenvalue weighted by Gasteiger charge is 2.15. The summed E-state index contributed by atoms with van der Waals surface area (Å²) in [5.74, 6) is -0.263. The molecule has 13 nitrogen and oxygen atoms in total. The minimum atomic E-state index is -0.472. The van der Waals surface area contributed by atoms with Gasteiger partial charge < -0.3 is 56.8 Å². The van der Waals surface area contributed by atoms with Crippen LogP contribution in [0.15, 0.2) is 0 Å². The molecular weight excluding hydrogens is 628 g/mol. The topological polar surface area (TPSA) is 128 Å². The Hall–Kier alpha value is -0.970. The molecule has 0 heterocycles. The second-order valence-electron chi connectivity index (χ2n) is 11.8. The van der Waals surface area contributed by atoms with Crippen LogP contribution in [-0.2, 0) is 61.6 Å². The number of carbonyl (C=O) groups excluding carboxylic acids is 1. The van der Waals surface area contributed by atoms with Gasteiger partial charge >= 0.3 is 5.97 Å². The molecule has 0 aliphatic rings. The van der Waals surface area contributed by atoms with Gasteiger partial charge in [-0.25, -0.2) is 0 Å². The van der Waals surface area contributed by atoms with Crippen LogP contribution in [0.1, 0.15) is 72.6 Å². The summed E-state index contributed by atoms with van der Waals surface area (Å²) < 4.78 is 65.5. The molecule has 0 aromatic heterocycles. The van der Waals surface area contributed by atoms with E-state index >= 15 is 0 Å². The van der Waals surface area contributed by atoms with Crippen molar-refractivity contribution in [3.63, 3.8) is 0 Å². The Bertz CT molecular complexity index is 634. The van der Waals surface area contributed by atoms with E-state index in [0.717, 1.165) is 13.0 Å². The van der Waals surface area contributed by atoms with Gasteiger partial charge in [-0.3, -0.25) is 4.79 Å². The lowest BCUT2D eigenvalue weighted by atomic mass is 10.1. The van der Waals surface area contributed by atoms with Crippen LogP contribution in [0, 0.1) is 0 Å². The van der Waals surface area contributed by atoms with Crippen molar-refractivity contribution in [3.05, 3.63) is 0 Å². The van der Waals surface area contributed by atoms with Crippen molar-refractivity contribution in [3.8, 4) is 0 Å². The Labute approximate surface area is 291 Å². The molecule has 13 heteroatoms. The van der Waals surface area contributed by atoms with E-state index in [2.05, 4.69) is 6.92 Å². The summed E-state index contributed by atoms with van der Waals surface area (Å²) in [7, 11) is 0. The molecule has 0 saturated carbocycles. The average molecular weight is 699 g/mol. The van der Waals surface area contributed by atoms with Crippen molar-refractivity contribution < 1.29 is 61.6 Å². The first-order chi connectivity index (χ1) is 23.5. The van der Waals surface area contributed by atoms with Crippen LogP contribution in [0.4, 0.5) is 0 Å². The largest absolute Gasteiger partial charge is 0.460 e. The third kappa shape index (κ3) is 43.1. The monoisotopic (exact) mass is 698 g/mol. The Morgan fingerprint density at radius 1 is 0.354 bits per heavy atom. The zero-order chi connectivity index (χ0) is 35.1. The molecule has 0 N–H and O–H groups in total. The molecular formula is C35H70O13. The van der Waals surface area contributed by atoms with Gasteiger partial charge in [-0.15, -0.1) is 0 Å². The Kier molecular flexibility index (Phi) is 38.0. The molecule has 0 aliphatic heterocycles. The fourth-order valence-corrected chi connectivity index (χ4v) is 3.83. The molecule has 0 amide bonds. The molecule has 0 fully saturated rings. The quantitative estimate of drug-likeness (QED) is 0.0669.